The lowest BCUT2D eigenvalue weighted by molar-refractivity contribution is -0.137. The molecule has 164 valence electrons. The minimum atomic E-state index is -4.79. The van der Waals surface area contributed by atoms with Crippen molar-refractivity contribution in [2.45, 2.75) is 24.4 Å². The Kier molecular flexibility index (Phi) is 7.59. The third-order valence-corrected chi connectivity index (χ3v) is 6.16. The van der Waals surface area contributed by atoms with Gasteiger partial charge in [0.25, 0.3) is 15.9 Å². The van der Waals surface area contributed by atoms with Crippen LogP contribution in [0.15, 0.2) is 47.4 Å². The molecule has 2 aromatic carbocycles. The maximum atomic E-state index is 13.0. The molecule has 30 heavy (non-hydrogen) atoms. The van der Waals surface area contributed by atoms with Gasteiger partial charge in [-0.05, 0) is 48.9 Å². The molecule has 2 rings (SSSR count). The number of benzene rings is 2. The summed E-state index contributed by atoms with van der Waals surface area (Å²) in [4.78, 5) is 11.0. The van der Waals surface area contributed by atoms with E-state index in [1.54, 1.807) is 0 Å². The van der Waals surface area contributed by atoms with Crippen LogP contribution in [0.25, 0.3) is 0 Å². The molecule has 0 radical (unpaired) electrons. The van der Waals surface area contributed by atoms with Gasteiger partial charge in [0.15, 0.2) is 6.61 Å². The maximum absolute atomic E-state index is 13.0. The SMILES string of the molecule is CCCNC(=O)COc1ccc(N(C)S(=O)(=O)c2ccc(Cl)c(C(F)(F)F)c2)cc1. The topological polar surface area (TPSA) is 75.7 Å². The Morgan fingerprint density at radius 1 is 1.17 bits per heavy atom. The normalized spacial score (nSPS) is 11.8. The van der Waals surface area contributed by atoms with Crippen LogP contribution in [0.1, 0.15) is 18.9 Å². The first-order valence-corrected chi connectivity index (χ1v) is 10.6. The molecule has 11 heteroatoms. The zero-order chi connectivity index (χ0) is 22.5. The van der Waals surface area contributed by atoms with E-state index in [1.165, 1.54) is 31.3 Å². The van der Waals surface area contributed by atoms with Crippen LogP contribution in [0, 0.1) is 0 Å². The first-order chi connectivity index (χ1) is 14.0. The minimum Gasteiger partial charge on any atom is -0.484 e. The van der Waals surface area contributed by atoms with Crippen molar-refractivity contribution in [3.8, 4) is 5.75 Å². The van der Waals surface area contributed by atoms with E-state index < -0.39 is 31.7 Å². The van der Waals surface area contributed by atoms with Gasteiger partial charge in [0.05, 0.1) is 21.2 Å². The first-order valence-electron chi connectivity index (χ1n) is 8.82. The molecule has 6 nitrogen and oxygen atoms in total. The van der Waals surface area contributed by atoms with Gasteiger partial charge < -0.3 is 10.1 Å². The fourth-order valence-electron chi connectivity index (χ4n) is 2.40. The van der Waals surface area contributed by atoms with Crippen molar-refractivity contribution in [3.05, 3.63) is 53.1 Å². The standard InChI is InChI=1S/C19H20ClF3N2O4S/c1-3-10-24-18(26)12-29-14-6-4-13(5-7-14)25(2)30(27,28)15-8-9-17(20)16(11-15)19(21,22)23/h4-9,11H,3,10,12H2,1-2H3,(H,24,26). The number of rotatable bonds is 8. The van der Waals surface area contributed by atoms with E-state index >= 15 is 0 Å². The number of nitrogens with zero attached hydrogens (tertiary/aromatic N) is 1. The third kappa shape index (κ3) is 5.79. The molecule has 1 N–H and O–H groups in total. The zero-order valence-electron chi connectivity index (χ0n) is 16.2. The van der Waals surface area contributed by atoms with Crippen LogP contribution in [0.2, 0.25) is 5.02 Å². The second-order valence-corrected chi connectivity index (χ2v) is 8.62. The van der Waals surface area contributed by atoms with E-state index in [0.717, 1.165) is 22.9 Å². The number of hydrogen-bond donors (Lipinski definition) is 1. The first kappa shape index (κ1) is 23.8. The highest BCUT2D eigenvalue weighted by atomic mass is 35.5. The molecule has 0 unspecified atom stereocenters. The molecule has 0 saturated carbocycles. The quantitative estimate of drug-likeness (QED) is 0.638. The average molecular weight is 465 g/mol. The molecule has 0 atom stereocenters. The summed E-state index contributed by atoms with van der Waals surface area (Å²) in [5, 5.41) is 2.06. The lowest BCUT2D eigenvalue weighted by atomic mass is 10.2. The largest absolute Gasteiger partial charge is 0.484 e. The van der Waals surface area contributed by atoms with E-state index in [0.29, 0.717) is 18.4 Å². The molecule has 0 saturated heterocycles. The monoisotopic (exact) mass is 464 g/mol. The van der Waals surface area contributed by atoms with E-state index in [-0.39, 0.29) is 18.2 Å². The Hall–Kier alpha value is -2.46. The molecule has 0 bridgehead atoms. The van der Waals surface area contributed by atoms with Gasteiger partial charge in [-0.2, -0.15) is 13.2 Å². The molecule has 0 heterocycles. The van der Waals surface area contributed by atoms with Crippen LogP contribution >= 0.6 is 11.6 Å². The highest BCUT2D eigenvalue weighted by Gasteiger charge is 2.35. The van der Waals surface area contributed by atoms with E-state index in [4.69, 9.17) is 16.3 Å². The summed E-state index contributed by atoms with van der Waals surface area (Å²) in [6.45, 7) is 2.25. The predicted molar refractivity (Wildman–Crippen MR) is 107 cm³/mol. The third-order valence-electron chi connectivity index (χ3n) is 4.04. The number of carbonyl (C=O) groups excluding carboxylic acids is 1. The van der Waals surface area contributed by atoms with Crippen molar-refractivity contribution in [3.63, 3.8) is 0 Å². The summed E-state index contributed by atoms with van der Waals surface area (Å²) >= 11 is 5.55. The highest BCUT2D eigenvalue weighted by molar-refractivity contribution is 7.92. The Labute approximate surface area is 177 Å². The summed E-state index contributed by atoms with van der Waals surface area (Å²) in [6, 6.07) is 8.14. The second-order valence-electron chi connectivity index (χ2n) is 6.24. The minimum absolute atomic E-state index is 0.196. The Morgan fingerprint density at radius 3 is 2.37 bits per heavy atom. The average Bonchev–Trinajstić information content (AvgIpc) is 2.69. The van der Waals surface area contributed by atoms with Crippen molar-refractivity contribution >= 4 is 33.2 Å². The molecule has 0 aromatic heterocycles. The van der Waals surface area contributed by atoms with Gasteiger partial charge in [0, 0.05) is 13.6 Å². The van der Waals surface area contributed by atoms with Crippen molar-refractivity contribution in [1.82, 2.24) is 5.32 Å². The van der Waals surface area contributed by atoms with Crippen LogP contribution in [0.4, 0.5) is 18.9 Å². The fraction of sp³-hybridized carbons (Fsp3) is 0.316. The highest BCUT2D eigenvalue weighted by Crippen LogP contribution is 2.36. The number of carbonyl (C=O) groups is 1. The van der Waals surface area contributed by atoms with Gasteiger partial charge in [-0.15, -0.1) is 0 Å². The van der Waals surface area contributed by atoms with Crippen LogP contribution in [0.3, 0.4) is 0 Å². The molecule has 0 aliphatic rings. The number of nitrogens with one attached hydrogen (secondary N) is 1. The van der Waals surface area contributed by atoms with E-state index in [1.807, 2.05) is 6.92 Å². The number of hydrogen-bond acceptors (Lipinski definition) is 4. The van der Waals surface area contributed by atoms with E-state index in [2.05, 4.69) is 5.32 Å². The van der Waals surface area contributed by atoms with Crippen molar-refractivity contribution in [1.29, 1.82) is 0 Å². The second kappa shape index (κ2) is 9.57. The van der Waals surface area contributed by atoms with Crippen molar-refractivity contribution in [2.24, 2.45) is 0 Å². The van der Waals surface area contributed by atoms with Gasteiger partial charge in [0.1, 0.15) is 5.75 Å². The molecule has 2 aromatic rings. The number of alkyl halides is 3. The van der Waals surface area contributed by atoms with Gasteiger partial charge in [-0.3, -0.25) is 9.10 Å². The molecule has 0 fully saturated rings. The summed E-state index contributed by atoms with van der Waals surface area (Å²) in [5.41, 5.74) is -1.04. The Balaban J connectivity index is 2.17. The summed E-state index contributed by atoms with van der Waals surface area (Å²) in [5.74, 6) is 0.0471. The Morgan fingerprint density at radius 2 is 1.80 bits per heavy atom. The summed E-state index contributed by atoms with van der Waals surface area (Å²) in [6.07, 6.45) is -4.00. The van der Waals surface area contributed by atoms with Crippen LogP contribution in [-0.2, 0) is 21.0 Å². The van der Waals surface area contributed by atoms with Crippen LogP contribution in [0.5, 0.6) is 5.75 Å². The van der Waals surface area contributed by atoms with Gasteiger partial charge in [0.2, 0.25) is 0 Å². The maximum Gasteiger partial charge on any atom is 0.417 e. The van der Waals surface area contributed by atoms with Gasteiger partial charge in [-0.25, -0.2) is 8.42 Å². The summed E-state index contributed by atoms with van der Waals surface area (Å²) < 4.78 is 70.8. The predicted octanol–water partition coefficient (Wildman–Crippen LogP) is 4.09. The fourth-order valence-corrected chi connectivity index (χ4v) is 3.84. The molecule has 1 amide bonds. The number of sulfonamides is 1. The number of amides is 1. The smallest absolute Gasteiger partial charge is 0.417 e. The van der Waals surface area contributed by atoms with Crippen LogP contribution < -0.4 is 14.4 Å². The number of ether oxygens (including phenoxy) is 1. The number of halogens is 4. The van der Waals surface area contributed by atoms with Crippen molar-refractivity contribution < 1.29 is 31.1 Å². The zero-order valence-corrected chi connectivity index (χ0v) is 17.7. The van der Waals surface area contributed by atoms with Gasteiger partial charge >= 0.3 is 6.18 Å². The number of anilines is 1. The summed E-state index contributed by atoms with van der Waals surface area (Å²) in [7, 11) is -3.06. The van der Waals surface area contributed by atoms with Crippen LogP contribution in [-0.4, -0.2) is 34.5 Å². The molecule has 0 aliphatic heterocycles. The van der Waals surface area contributed by atoms with Crippen molar-refractivity contribution in [2.75, 3.05) is 24.5 Å². The van der Waals surface area contributed by atoms with Gasteiger partial charge in [-0.1, -0.05) is 18.5 Å². The lowest BCUT2D eigenvalue weighted by Gasteiger charge is -2.21. The molecule has 0 spiro atoms. The van der Waals surface area contributed by atoms with E-state index in [9.17, 15) is 26.4 Å². The lowest BCUT2D eigenvalue weighted by Crippen LogP contribution is -2.29. The molecule has 0 aliphatic carbocycles. The molecular formula is C19H20ClF3N2O4S. The Bertz CT molecular complexity index is 996. The molecular weight excluding hydrogens is 445 g/mol.